The third-order valence-electron chi connectivity index (χ3n) is 4.90. The van der Waals surface area contributed by atoms with Crippen LogP contribution < -0.4 is 16.0 Å². The van der Waals surface area contributed by atoms with Gasteiger partial charge in [-0.05, 0) is 65.9 Å². The molecule has 0 aliphatic carbocycles. The Morgan fingerprint density at radius 3 is 2.59 bits per heavy atom. The topological polar surface area (TPSA) is 149 Å². The van der Waals surface area contributed by atoms with Crippen LogP contribution in [0.1, 0.15) is 18.9 Å². The molecule has 3 N–H and O–H groups in total. The van der Waals surface area contributed by atoms with Crippen LogP contribution in [-0.4, -0.2) is 64.5 Å². The van der Waals surface area contributed by atoms with Crippen molar-refractivity contribution in [3.8, 4) is 5.69 Å². The first-order valence-corrected chi connectivity index (χ1v) is 11.6. The zero-order chi connectivity index (χ0) is 26.6. The molecule has 12 nitrogen and oxygen atoms in total. The quantitative estimate of drug-likeness (QED) is 0.252. The number of anilines is 2. The Labute approximate surface area is 218 Å². The van der Waals surface area contributed by atoms with Crippen molar-refractivity contribution >= 4 is 47.0 Å². The second-order valence-electron chi connectivity index (χ2n) is 7.75. The zero-order valence-electron chi connectivity index (χ0n) is 20.2. The number of tetrazole rings is 1. The molecule has 1 heterocycles. The number of hydrogen-bond acceptors (Lipinski definition) is 9. The number of nitrogens with one attached hydrogen (secondary N) is 3. The minimum absolute atomic E-state index is 0.0142. The van der Waals surface area contributed by atoms with Gasteiger partial charge in [0.1, 0.15) is 12.9 Å². The third kappa shape index (κ3) is 8.93. The Morgan fingerprint density at radius 2 is 1.89 bits per heavy atom. The van der Waals surface area contributed by atoms with Gasteiger partial charge in [-0.15, -0.1) is 5.10 Å². The molecule has 194 valence electrons. The highest BCUT2D eigenvalue weighted by molar-refractivity contribution is 6.30. The Kier molecular flexibility index (Phi) is 9.97. The van der Waals surface area contributed by atoms with E-state index in [9.17, 15) is 14.4 Å². The molecule has 0 aliphatic rings. The molecular weight excluding hydrogens is 502 g/mol. The fourth-order valence-electron chi connectivity index (χ4n) is 3.07. The number of carbonyl (C=O) groups excluding carboxylic acids is 3. The molecule has 0 spiro atoms. The lowest BCUT2D eigenvalue weighted by atomic mass is 10.1. The average Bonchev–Trinajstić information content (AvgIpc) is 3.42. The first kappa shape index (κ1) is 27.1. The number of ether oxygens (including phenoxy) is 2. The molecule has 13 heteroatoms. The van der Waals surface area contributed by atoms with E-state index in [1.54, 1.807) is 48.5 Å². The molecule has 0 saturated heterocycles. The second-order valence-corrected chi connectivity index (χ2v) is 8.18. The molecule has 0 radical (unpaired) electrons. The van der Waals surface area contributed by atoms with E-state index in [4.69, 9.17) is 16.3 Å². The van der Waals surface area contributed by atoms with Crippen LogP contribution in [0.5, 0.6) is 0 Å². The Bertz CT molecular complexity index is 1230. The molecule has 0 saturated carbocycles. The molecule has 2 aromatic carbocycles. The van der Waals surface area contributed by atoms with Crippen LogP contribution in [0.15, 0.2) is 54.9 Å². The van der Waals surface area contributed by atoms with Crippen LogP contribution in [0.3, 0.4) is 0 Å². The minimum Gasteiger partial charge on any atom is -0.469 e. The number of amides is 2. The number of benzene rings is 2. The van der Waals surface area contributed by atoms with Gasteiger partial charge >= 0.3 is 12.1 Å². The molecule has 0 aliphatic heterocycles. The van der Waals surface area contributed by atoms with Crippen LogP contribution in [0, 0.1) is 0 Å². The summed E-state index contributed by atoms with van der Waals surface area (Å²) in [4.78, 5) is 35.2. The summed E-state index contributed by atoms with van der Waals surface area (Å²) < 4.78 is 10.9. The molecule has 37 heavy (non-hydrogen) atoms. The SMILES string of the molecule is COC(=O)CCOC(=O)Nc1ccc(NC[C@H](C)NC(=O)/C=C/c2cc(Cl)ccc2-n2cnnn2)cc1. The number of halogens is 1. The van der Waals surface area contributed by atoms with Crippen LogP contribution in [-0.2, 0) is 19.1 Å². The molecule has 3 rings (SSSR count). The predicted molar refractivity (Wildman–Crippen MR) is 137 cm³/mol. The maximum atomic E-state index is 12.4. The summed E-state index contributed by atoms with van der Waals surface area (Å²) in [5.74, 6) is -0.733. The van der Waals surface area contributed by atoms with Crippen LogP contribution in [0.4, 0.5) is 16.2 Å². The van der Waals surface area contributed by atoms with Gasteiger partial charge in [-0.2, -0.15) is 4.68 Å². The lowest BCUT2D eigenvalue weighted by Crippen LogP contribution is -2.36. The van der Waals surface area contributed by atoms with E-state index in [2.05, 4.69) is 36.2 Å². The van der Waals surface area contributed by atoms with Crippen LogP contribution in [0.25, 0.3) is 11.8 Å². The molecule has 1 atom stereocenters. The number of carbonyl (C=O) groups is 3. The number of esters is 1. The second kappa shape index (κ2) is 13.6. The van der Waals surface area contributed by atoms with Gasteiger partial charge in [-0.3, -0.25) is 14.9 Å². The van der Waals surface area contributed by atoms with Crippen molar-refractivity contribution in [2.75, 3.05) is 30.9 Å². The van der Waals surface area contributed by atoms with E-state index < -0.39 is 12.1 Å². The number of rotatable bonds is 11. The van der Waals surface area contributed by atoms with E-state index in [0.29, 0.717) is 28.5 Å². The maximum absolute atomic E-state index is 12.4. The number of hydrogen-bond donors (Lipinski definition) is 3. The van der Waals surface area contributed by atoms with E-state index in [-0.39, 0.29) is 25.0 Å². The van der Waals surface area contributed by atoms with Gasteiger partial charge in [-0.1, -0.05) is 11.6 Å². The summed E-state index contributed by atoms with van der Waals surface area (Å²) in [7, 11) is 1.27. The van der Waals surface area contributed by atoms with Crippen LogP contribution >= 0.6 is 11.6 Å². The maximum Gasteiger partial charge on any atom is 0.411 e. The summed E-state index contributed by atoms with van der Waals surface area (Å²) in [6, 6.07) is 12.0. The van der Waals surface area contributed by atoms with Crippen molar-refractivity contribution in [2.45, 2.75) is 19.4 Å². The van der Waals surface area contributed by atoms with Crippen molar-refractivity contribution in [2.24, 2.45) is 0 Å². The molecule has 2 amide bonds. The minimum atomic E-state index is -0.670. The van der Waals surface area contributed by atoms with Crippen molar-refractivity contribution in [3.05, 3.63) is 65.5 Å². The van der Waals surface area contributed by atoms with Crippen molar-refractivity contribution in [3.63, 3.8) is 0 Å². The van der Waals surface area contributed by atoms with E-state index in [0.717, 1.165) is 5.69 Å². The molecule has 0 bridgehead atoms. The molecular formula is C24H26ClN7O5. The first-order valence-electron chi connectivity index (χ1n) is 11.2. The zero-order valence-corrected chi connectivity index (χ0v) is 20.9. The van der Waals surface area contributed by atoms with E-state index in [1.807, 2.05) is 6.92 Å². The van der Waals surface area contributed by atoms with Gasteiger partial charge in [0.05, 0.1) is 19.2 Å². The number of aromatic nitrogens is 4. The van der Waals surface area contributed by atoms with Gasteiger partial charge in [0.25, 0.3) is 0 Å². The monoisotopic (exact) mass is 527 g/mol. The van der Waals surface area contributed by atoms with Gasteiger partial charge in [0.15, 0.2) is 0 Å². The Balaban J connectivity index is 1.44. The Morgan fingerprint density at radius 1 is 1.14 bits per heavy atom. The smallest absolute Gasteiger partial charge is 0.411 e. The van der Waals surface area contributed by atoms with Gasteiger partial charge in [0.2, 0.25) is 5.91 Å². The average molecular weight is 528 g/mol. The summed E-state index contributed by atoms with van der Waals surface area (Å²) >= 11 is 6.10. The predicted octanol–water partition coefficient (Wildman–Crippen LogP) is 3.06. The highest BCUT2D eigenvalue weighted by Crippen LogP contribution is 2.20. The number of nitrogens with zero attached hydrogens (tertiary/aromatic N) is 4. The lowest BCUT2D eigenvalue weighted by molar-refractivity contribution is -0.141. The van der Waals surface area contributed by atoms with Crippen molar-refractivity contribution < 1.29 is 23.9 Å². The molecule has 0 unspecified atom stereocenters. The fraction of sp³-hybridized carbons (Fsp3) is 0.250. The largest absolute Gasteiger partial charge is 0.469 e. The standard InChI is InChI=1S/C24H26ClN7O5/c1-16(14-26-19-5-7-20(8-6-19)29-24(35)37-12-11-23(34)36-2)28-22(33)10-3-17-13-18(25)4-9-21(17)32-15-27-30-31-32/h3-10,13,15-16,26H,11-12,14H2,1-2H3,(H,28,33)(H,29,35)/b10-3+/t16-/m0/s1. The highest BCUT2D eigenvalue weighted by atomic mass is 35.5. The van der Waals surface area contributed by atoms with E-state index in [1.165, 1.54) is 24.2 Å². The molecule has 0 fully saturated rings. The summed E-state index contributed by atoms with van der Waals surface area (Å²) in [6.07, 6.45) is 3.83. The van der Waals surface area contributed by atoms with Gasteiger partial charge < -0.3 is 20.1 Å². The Hall–Kier alpha value is -4.45. The van der Waals surface area contributed by atoms with Gasteiger partial charge in [-0.25, -0.2) is 4.79 Å². The first-order chi connectivity index (χ1) is 17.8. The lowest BCUT2D eigenvalue weighted by Gasteiger charge is -2.15. The fourth-order valence-corrected chi connectivity index (χ4v) is 3.25. The number of methoxy groups -OCH3 is 1. The van der Waals surface area contributed by atoms with Crippen LogP contribution in [0.2, 0.25) is 5.02 Å². The summed E-state index contributed by atoms with van der Waals surface area (Å²) in [5.41, 5.74) is 2.69. The summed E-state index contributed by atoms with van der Waals surface area (Å²) in [6.45, 7) is 2.26. The van der Waals surface area contributed by atoms with Gasteiger partial charge in [0, 0.05) is 40.6 Å². The molecule has 1 aromatic heterocycles. The van der Waals surface area contributed by atoms with Crippen molar-refractivity contribution in [1.82, 2.24) is 25.5 Å². The molecule has 3 aromatic rings. The highest BCUT2D eigenvalue weighted by Gasteiger charge is 2.09. The van der Waals surface area contributed by atoms with E-state index >= 15 is 0 Å². The summed E-state index contributed by atoms with van der Waals surface area (Å²) in [5, 5.41) is 20.3. The normalized spacial score (nSPS) is 11.5. The third-order valence-corrected chi connectivity index (χ3v) is 5.13. The van der Waals surface area contributed by atoms with Crippen molar-refractivity contribution in [1.29, 1.82) is 0 Å².